The van der Waals surface area contributed by atoms with Crippen LogP contribution in [0, 0.1) is 11.1 Å². The van der Waals surface area contributed by atoms with Gasteiger partial charge >= 0.3 is 5.97 Å². The van der Waals surface area contributed by atoms with Gasteiger partial charge in [-0.25, -0.2) is 0 Å². The highest BCUT2D eigenvalue weighted by molar-refractivity contribution is 5.69. The van der Waals surface area contributed by atoms with Gasteiger partial charge in [-0.2, -0.15) is 0 Å². The quantitative estimate of drug-likeness (QED) is 0.437. The number of rotatable bonds is 6. The number of aliphatic hydroxyl groups excluding tert-OH is 1. The van der Waals surface area contributed by atoms with Gasteiger partial charge in [-0.1, -0.05) is 0 Å². The monoisotopic (exact) mass is 303 g/mol. The second-order valence-corrected chi connectivity index (χ2v) is 6.27. The fourth-order valence-electron chi connectivity index (χ4n) is 2.34. The first kappa shape index (κ1) is 17.5. The molecule has 0 aromatic carbocycles. The molecule has 0 aromatic heterocycles. The Balaban J connectivity index is 2.53. The Labute approximate surface area is 124 Å². The van der Waals surface area contributed by atoms with Crippen LogP contribution in [0.2, 0.25) is 0 Å². The van der Waals surface area contributed by atoms with E-state index in [1.807, 2.05) is 20.8 Å². The Morgan fingerprint density at radius 2 is 1.95 bits per heavy atom. The Kier molecular flexibility index (Phi) is 6.19. The standard InChI is InChI=1S/C13H25N3O5/c1-13(2,3)15(8-9-17)16(20)14-21-11-6-4-10(5-7-11)12(18)19/h10-11,17H,4-9H2,1-3H3,(H,18,19)/b16-14-. The molecule has 8 nitrogen and oxygen atoms in total. The topological polar surface area (TPSA) is 108 Å². The number of carboxylic acids is 1. The van der Waals surface area contributed by atoms with Gasteiger partial charge in [0.05, 0.1) is 23.0 Å². The van der Waals surface area contributed by atoms with Gasteiger partial charge in [-0.15, -0.1) is 5.01 Å². The molecule has 0 atom stereocenters. The van der Waals surface area contributed by atoms with Crippen LogP contribution in [0.4, 0.5) is 0 Å². The number of hydrogen-bond donors (Lipinski definition) is 2. The zero-order chi connectivity index (χ0) is 16.0. The molecule has 1 saturated carbocycles. The summed E-state index contributed by atoms with van der Waals surface area (Å²) in [5.41, 5.74) is -0.488. The number of carboxylic acid groups (broad SMARTS) is 1. The molecule has 1 aliphatic carbocycles. The maximum absolute atomic E-state index is 11.9. The molecule has 0 amide bonds. The van der Waals surface area contributed by atoms with Crippen LogP contribution in [-0.4, -0.2) is 51.0 Å². The molecular formula is C13H25N3O5. The molecule has 2 N–H and O–H groups in total. The molecule has 21 heavy (non-hydrogen) atoms. The molecule has 1 fully saturated rings. The normalized spacial score (nSPS) is 23.7. The largest absolute Gasteiger partial charge is 0.569 e. The van der Waals surface area contributed by atoms with Gasteiger partial charge in [0.15, 0.2) is 0 Å². The lowest BCUT2D eigenvalue weighted by atomic mass is 9.88. The second-order valence-electron chi connectivity index (χ2n) is 6.27. The third-order valence-corrected chi connectivity index (χ3v) is 3.58. The van der Waals surface area contributed by atoms with Crippen molar-refractivity contribution in [3.63, 3.8) is 0 Å². The summed E-state index contributed by atoms with van der Waals surface area (Å²) < 4.78 is 0. The van der Waals surface area contributed by atoms with Crippen LogP contribution < -0.4 is 0 Å². The van der Waals surface area contributed by atoms with Crippen molar-refractivity contribution in [2.75, 3.05) is 13.2 Å². The minimum atomic E-state index is -0.780. The molecule has 8 heteroatoms. The number of β-amino-alcohol motifs (C(OH)–C–C–N with tert-alkyl or cyclic N) is 1. The summed E-state index contributed by atoms with van der Waals surface area (Å²) in [6.07, 6.45) is 1.99. The van der Waals surface area contributed by atoms with Crippen molar-refractivity contribution in [3.8, 4) is 0 Å². The summed E-state index contributed by atoms with van der Waals surface area (Å²) in [5.74, 6) is -1.11. The van der Waals surface area contributed by atoms with Gasteiger partial charge in [-0.3, -0.25) is 4.79 Å². The van der Waals surface area contributed by atoms with Crippen LogP contribution in [0.5, 0.6) is 0 Å². The number of carbonyl (C=O) groups is 1. The van der Waals surface area contributed by atoms with E-state index in [0.717, 1.165) is 0 Å². The van der Waals surface area contributed by atoms with Gasteiger partial charge in [-0.05, 0) is 46.5 Å². The average molecular weight is 303 g/mol. The van der Waals surface area contributed by atoms with Crippen molar-refractivity contribution < 1.29 is 24.8 Å². The predicted molar refractivity (Wildman–Crippen MR) is 74.1 cm³/mol. The molecule has 0 heterocycles. The van der Waals surface area contributed by atoms with Crippen molar-refractivity contribution >= 4 is 5.97 Å². The molecule has 0 spiro atoms. The molecular weight excluding hydrogens is 278 g/mol. The van der Waals surface area contributed by atoms with E-state index in [1.54, 1.807) is 0 Å². The van der Waals surface area contributed by atoms with Crippen LogP contribution in [0.3, 0.4) is 0 Å². The fourth-order valence-corrected chi connectivity index (χ4v) is 2.34. The predicted octanol–water partition coefficient (Wildman–Crippen LogP) is 1.53. The second kappa shape index (κ2) is 7.44. The van der Waals surface area contributed by atoms with E-state index in [-0.39, 0.29) is 25.2 Å². The number of hydrogen-bond acceptors (Lipinski definition) is 5. The number of nitrogens with zero attached hydrogens (tertiary/aromatic N) is 3. The molecule has 1 rings (SSSR count). The lowest BCUT2D eigenvalue weighted by Crippen LogP contribution is -2.47. The first-order chi connectivity index (χ1) is 9.75. The van der Waals surface area contributed by atoms with E-state index in [0.29, 0.717) is 30.7 Å². The average Bonchev–Trinajstić information content (AvgIpc) is 2.41. The number of hydrazine groups is 1. The van der Waals surface area contributed by atoms with Crippen molar-refractivity contribution in [2.45, 2.75) is 58.1 Å². The van der Waals surface area contributed by atoms with Crippen molar-refractivity contribution in [3.05, 3.63) is 5.21 Å². The molecule has 0 radical (unpaired) electrons. The summed E-state index contributed by atoms with van der Waals surface area (Å²) in [6.45, 7) is 5.50. The molecule has 0 bridgehead atoms. The van der Waals surface area contributed by atoms with Crippen molar-refractivity contribution in [1.29, 1.82) is 0 Å². The molecule has 0 aromatic rings. The van der Waals surface area contributed by atoms with Crippen molar-refractivity contribution in [1.82, 2.24) is 5.01 Å². The Morgan fingerprint density at radius 3 is 2.38 bits per heavy atom. The molecule has 0 aliphatic heterocycles. The highest BCUT2D eigenvalue weighted by atomic mass is 16.7. The Hall–Kier alpha value is -1.57. The van der Waals surface area contributed by atoms with E-state index in [9.17, 15) is 10.0 Å². The lowest BCUT2D eigenvalue weighted by molar-refractivity contribution is -0.726. The molecule has 0 unspecified atom stereocenters. The Morgan fingerprint density at radius 1 is 1.38 bits per heavy atom. The highest BCUT2D eigenvalue weighted by Crippen LogP contribution is 2.26. The van der Waals surface area contributed by atoms with Crippen molar-refractivity contribution in [2.24, 2.45) is 11.2 Å². The Bertz CT molecular complexity index is 372. The summed E-state index contributed by atoms with van der Waals surface area (Å²) in [6, 6.07) is 0. The molecule has 1 aliphatic rings. The maximum atomic E-state index is 11.9. The molecule has 0 saturated heterocycles. The first-order valence-electron chi connectivity index (χ1n) is 7.21. The summed E-state index contributed by atoms with van der Waals surface area (Å²) in [7, 11) is 0. The zero-order valence-electron chi connectivity index (χ0n) is 12.9. The highest BCUT2D eigenvalue weighted by Gasteiger charge is 2.30. The van der Waals surface area contributed by atoms with Gasteiger partial charge in [0, 0.05) is 0 Å². The van der Waals surface area contributed by atoms with E-state index in [2.05, 4.69) is 5.28 Å². The zero-order valence-corrected chi connectivity index (χ0v) is 12.9. The van der Waals surface area contributed by atoms with Crippen LogP contribution in [0.1, 0.15) is 46.5 Å². The first-order valence-corrected chi connectivity index (χ1v) is 7.21. The van der Waals surface area contributed by atoms with Gasteiger partial charge in [0.2, 0.25) is 5.28 Å². The van der Waals surface area contributed by atoms with Gasteiger partial charge in [0.1, 0.15) is 12.6 Å². The summed E-state index contributed by atoms with van der Waals surface area (Å²) in [4.78, 5) is 16.4. The van der Waals surface area contributed by atoms with E-state index < -0.39 is 11.5 Å². The van der Waals surface area contributed by atoms with E-state index in [1.165, 1.54) is 5.01 Å². The number of aliphatic carboxylic acids is 1. The van der Waals surface area contributed by atoms with E-state index in [4.69, 9.17) is 15.1 Å². The minimum Gasteiger partial charge on any atom is -0.569 e. The maximum Gasteiger partial charge on any atom is 0.306 e. The van der Waals surface area contributed by atoms with Crippen LogP contribution in [0.25, 0.3) is 0 Å². The molecule has 122 valence electrons. The minimum absolute atomic E-state index is 0.157. The SMILES string of the molecule is CC(C)(C)N(CCO)/[N+]([O-])=N/OC1CCC(C(=O)O)CC1. The van der Waals surface area contributed by atoms with Gasteiger partial charge < -0.3 is 20.3 Å². The van der Waals surface area contributed by atoms with Crippen LogP contribution in [-0.2, 0) is 9.63 Å². The van der Waals surface area contributed by atoms with E-state index >= 15 is 0 Å². The van der Waals surface area contributed by atoms with Gasteiger partial charge in [0.25, 0.3) is 0 Å². The lowest BCUT2D eigenvalue weighted by Gasteiger charge is -2.30. The summed E-state index contributed by atoms with van der Waals surface area (Å²) in [5, 5.41) is 34.8. The van der Waals surface area contributed by atoms with Crippen LogP contribution in [0.15, 0.2) is 5.28 Å². The number of aliphatic hydroxyl groups is 1. The summed E-state index contributed by atoms with van der Waals surface area (Å²) >= 11 is 0. The smallest absolute Gasteiger partial charge is 0.306 e. The third kappa shape index (κ3) is 5.37. The fraction of sp³-hybridized carbons (Fsp3) is 0.923. The third-order valence-electron chi connectivity index (χ3n) is 3.58. The van der Waals surface area contributed by atoms with Crippen LogP contribution >= 0.6 is 0 Å².